The summed E-state index contributed by atoms with van der Waals surface area (Å²) in [6, 6.07) is 1.82. The van der Waals surface area contributed by atoms with E-state index in [0.717, 1.165) is 17.5 Å². The van der Waals surface area contributed by atoms with Gasteiger partial charge in [0.05, 0.1) is 6.61 Å². The first kappa shape index (κ1) is 10.3. The Morgan fingerprint density at radius 3 is 2.93 bits per heavy atom. The van der Waals surface area contributed by atoms with Gasteiger partial charge in [-0.3, -0.25) is 0 Å². The van der Waals surface area contributed by atoms with E-state index in [0.29, 0.717) is 22.1 Å². The molecular formula is C9H9BCl2O2. The van der Waals surface area contributed by atoms with E-state index in [1.54, 1.807) is 0 Å². The third-order valence-corrected chi connectivity index (χ3v) is 3.20. The first-order valence-corrected chi connectivity index (χ1v) is 5.20. The van der Waals surface area contributed by atoms with Crippen molar-refractivity contribution in [3.8, 4) is 0 Å². The van der Waals surface area contributed by atoms with Crippen LogP contribution in [0.3, 0.4) is 0 Å². The molecule has 0 amide bonds. The Hall–Kier alpha value is -0.215. The summed E-state index contributed by atoms with van der Waals surface area (Å²) in [6.07, 6.45) is 0.748. The molecule has 0 saturated heterocycles. The van der Waals surface area contributed by atoms with Gasteiger partial charge in [-0.1, -0.05) is 30.1 Å². The normalized spacial score (nSPS) is 14.7. The molecule has 0 atom stereocenters. The molecule has 0 bridgehead atoms. The summed E-state index contributed by atoms with van der Waals surface area (Å²) in [5, 5.41) is 10.7. The molecule has 0 aromatic heterocycles. The molecule has 0 radical (unpaired) electrons. The second-order valence-electron chi connectivity index (χ2n) is 3.24. The maximum absolute atomic E-state index is 9.52. The van der Waals surface area contributed by atoms with Crippen LogP contribution in [-0.2, 0) is 17.7 Å². The van der Waals surface area contributed by atoms with E-state index in [-0.39, 0.29) is 0 Å². The Labute approximate surface area is 92.9 Å². The van der Waals surface area contributed by atoms with Crippen LogP contribution in [0.4, 0.5) is 0 Å². The van der Waals surface area contributed by atoms with Gasteiger partial charge >= 0.3 is 7.12 Å². The SMILES string of the molecule is CCc1c(Cl)cc2c(c1Cl)B(O)OC2. The molecular weight excluding hydrogens is 222 g/mol. The van der Waals surface area contributed by atoms with E-state index in [2.05, 4.69) is 0 Å². The average Bonchev–Trinajstić information content (AvgIpc) is 2.48. The molecule has 5 heteroatoms. The Bertz CT molecular complexity index is 382. The van der Waals surface area contributed by atoms with E-state index >= 15 is 0 Å². The molecule has 0 aliphatic carbocycles. The van der Waals surface area contributed by atoms with E-state index in [1.165, 1.54) is 0 Å². The van der Waals surface area contributed by atoms with Gasteiger partial charge in [-0.05, 0) is 23.6 Å². The quantitative estimate of drug-likeness (QED) is 0.746. The van der Waals surface area contributed by atoms with Crippen molar-refractivity contribution in [3.05, 3.63) is 27.2 Å². The second-order valence-corrected chi connectivity index (χ2v) is 4.03. The number of halogens is 2. The van der Waals surface area contributed by atoms with Crippen molar-refractivity contribution in [3.63, 3.8) is 0 Å². The topological polar surface area (TPSA) is 29.5 Å². The average molecular weight is 231 g/mol. The van der Waals surface area contributed by atoms with E-state index in [4.69, 9.17) is 27.9 Å². The summed E-state index contributed by atoms with van der Waals surface area (Å²) in [4.78, 5) is 0. The van der Waals surface area contributed by atoms with Crippen molar-refractivity contribution in [1.29, 1.82) is 0 Å². The highest BCUT2D eigenvalue weighted by atomic mass is 35.5. The van der Waals surface area contributed by atoms with Crippen LogP contribution in [0, 0.1) is 0 Å². The third-order valence-electron chi connectivity index (χ3n) is 2.43. The Morgan fingerprint density at radius 1 is 1.57 bits per heavy atom. The molecule has 0 unspecified atom stereocenters. The van der Waals surface area contributed by atoms with E-state index in [9.17, 15) is 5.02 Å². The maximum Gasteiger partial charge on any atom is 0.493 e. The Morgan fingerprint density at radius 2 is 2.29 bits per heavy atom. The fraction of sp³-hybridized carbons (Fsp3) is 0.333. The highest BCUT2D eigenvalue weighted by molar-refractivity contribution is 6.65. The summed E-state index contributed by atoms with van der Waals surface area (Å²) in [7, 11) is -0.903. The zero-order valence-electron chi connectivity index (χ0n) is 7.68. The molecule has 1 heterocycles. The molecule has 74 valence electrons. The van der Waals surface area contributed by atoms with Crippen molar-refractivity contribution in [2.45, 2.75) is 20.0 Å². The number of rotatable bonds is 1. The number of hydrogen-bond acceptors (Lipinski definition) is 2. The number of benzene rings is 1. The molecule has 0 fully saturated rings. The standard InChI is InChI=1S/C9H9BCl2O2/c1-2-6-7(11)3-5-4-14-10(13)8(5)9(6)12/h3,13H,2,4H2,1H3. The van der Waals surface area contributed by atoms with Gasteiger partial charge in [-0.2, -0.15) is 0 Å². The predicted octanol–water partition coefficient (Wildman–Crippen LogP) is 1.77. The van der Waals surface area contributed by atoms with Gasteiger partial charge in [0, 0.05) is 15.5 Å². The van der Waals surface area contributed by atoms with Gasteiger partial charge in [0.2, 0.25) is 0 Å². The van der Waals surface area contributed by atoms with Gasteiger partial charge in [0.25, 0.3) is 0 Å². The summed E-state index contributed by atoms with van der Waals surface area (Å²) >= 11 is 12.2. The molecule has 0 saturated carbocycles. The van der Waals surface area contributed by atoms with Gasteiger partial charge in [-0.15, -0.1) is 0 Å². The summed E-state index contributed by atoms with van der Waals surface area (Å²) in [5.41, 5.74) is 2.43. The Balaban J connectivity index is 2.64. The van der Waals surface area contributed by atoms with Crippen LogP contribution in [0.2, 0.25) is 10.0 Å². The predicted molar refractivity (Wildman–Crippen MR) is 58.2 cm³/mol. The zero-order valence-corrected chi connectivity index (χ0v) is 9.19. The summed E-state index contributed by atoms with van der Waals surface area (Å²) < 4.78 is 5.07. The third kappa shape index (κ3) is 1.45. The minimum Gasteiger partial charge on any atom is -0.423 e. The smallest absolute Gasteiger partial charge is 0.423 e. The van der Waals surface area contributed by atoms with Crippen LogP contribution in [-0.4, -0.2) is 12.1 Å². The van der Waals surface area contributed by atoms with E-state index < -0.39 is 7.12 Å². The molecule has 1 aromatic carbocycles. The molecule has 1 N–H and O–H groups in total. The lowest BCUT2D eigenvalue weighted by molar-refractivity contribution is 0.275. The minimum atomic E-state index is -0.903. The summed E-state index contributed by atoms with van der Waals surface area (Å²) in [5.74, 6) is 0. The Kier molecular flexibility index (Phi) is 2.75. The number of fused-ring (bicyclic) bond motifs is 1. The van der Waals surface area contributed by atoms with Crippen LogP contribution in [0.1, 0.15) is 18.1 Å². The van der Waals surface area contributed by atoms with Gasteiger partial charge in [0.1, 0.15) is 0 Å². The van der Waals surface area contributed by atoms with Crippen LogP contribution in [0.15, 0.2) is 6.07 Å². The first-order chi connectivity index (χ1) is 6.65. The lowest BCUT2D eigenvalue weighted by Gasteiger charge is -2.09. The highest BCUT2D eigenvalue weighted by Crippen LogP contribution is 2.28. The van der Waals surface area contributed by atoms with Gasteiger partial charge in [0.15, 0.2) is 0 Å². The molecule has 1 aromatic rings. The molecule has 2 rings (SSSR count). The van der Waals surface area contributed by atoms with Gasteiger partial charge < -0.3 is 9.68 Å². The molecule has 0 spiro atoms. The van der Waals surface area contributed by atoms with Crippen LogP contribution in [0.5, 0.6) is 0 Å². The summed E-state index contributed by atoms with van der Waals surface area (Å²) in [6.45, 7) is 2.35. The maximum atomic E-state index is 9.52. The molecule has 1 aliphatic heterocycles. The fourth-order valence-electron chi connectivity index (χ4n) is 1.69. The van der Waals surface area contributed by atoms with Crippen LogP contribution < -0.4 is 5.46 Å². The lowest BCUT2D eigenvalue weighted by Crippen LogP contribution is -2.29. The highest BCUT2D eigenvalue weighted by Gasteiger charge is 2.31. The number of hydrogen-bond donors (Lipinski definition) is 1. The van der Waals surface area contributed by atoms with Gasteiger partial charge in [-0.25, -0.2) is 0 Å². The van der Waals surface area contributed by atoms with Crippen molar-refractivity contribution < 1.29 is 9.68 Å². The zero-order chi connectivity index (χ0) is 10.3. The minimum absolute atomic E-state index is 0.375. The first-order valence-electron chi connectivity index (χ1n) is 4.44. The fourth-order valence-corrected chi connectivity index (χ4v) is 2.55. The van der Waals surface area contributed by atoms with E-state index in [1.807, 2.05) is 13.0 Å². The van der Waals surface area contributed by atoms with Crippen molar-refractivity contribution in [1.82, 2.24) is 0 Å². The molecule has 14 heavy (non-hydrogen) atoms. The lowest BCUT2D eigenvalue weighted by atomic mass is 9.78. The van der Waals surface area contributed by atoms with Crippen LogP contribution in [0.25, 0.3) is 0 Å². The van der Waals surface area contributed by atoms with Crippen LogP contribution >= 0.6 is 23.2 Å². The second kappa shape index (κ2) is 3.74. The monoisotopic (exact) mass is 230 g/mol. The van der Waals surface area contributed by atoms with Crippen molar-refractivity contribution >= 4 is 35.8 Å². The van der Waals surface area contributed by atoms with Crippen molar-refractivity contribution in [2.75, 3.05) is 0 Å². The van der Waals surface area contributed by atoms with Crippen molar-refractivity contribution in [2.24, 2.45) is 0 Å². The largest absolute Gasteiger partial charge is 0.493 e. The molecule has 1 aliphatic rings. The molecule has 2 nitrogen and oxygen atoms in total.